The van der Waals surface area contributed by atoms with Gasteiger partial charge < -0.3 is 0 Å². The molecule has 0 aliphatic carbocycles. The number of benzene rings is 1. The smallest absolute Gasteiger partial charge is 0.123 e. The highest BCUT2D eigenvalue weighted by Gasteiger charge is 2.31. The number of rotatable bonds is 4. The molecule has 0 saturated carbocycles. The molecule has 0 spiro atoms. The minimum absolute atomic E-state index is 0.173. The lowest BCUT2D eigenvalue weighted by molar-refractivity contribution is 0.519. The van der Waals surface area contributed by atoms with Crippen LogP contribution in [-0.4, -0.2) is 27.5 Å². The number of thioether (sulfide) groups is 2. The van der Waals surface area contributed by atoms with E-state index < -0.39 is 0 Å². The summed E-state index contributed by atoms with van der Waals surface area (Å²) >= 11 is 4.04. The summed E-state index contributed by atoms with van der Waals surface area (Å²) in [4.78, 5) is 0. The highest BCUT2D eigenvalue weighted by molar-refractivity contribution is 8.07. The van der Waals surface area contributed by atoms with Crippen molar-refractivity contribution in [2.24, 2.45) is 5.84 Å². The van der Waals surface area contributed by atoms with Gasteiger partial charge in [0.2, 0.25) is 0 Å². The van der Waals surface area contributed by atoms with Gasteiger partial charge in [-0.1, -0.05) is 19.9 Å². The van der Waals surface area contributed by atoms with Crippen molar-refractivity contribution < 1.29 is 4.39 Å². The van der Waals surface area contributed by atoms with Gasteiger partial charge in [0.15, 0.2) is 0 Å². The molecule has 1 aliphatic heterocycles. The van der Waals surface area contributed by atoms with Crippen molar-refractivity contribution in [3.8, 4) is 0 Å². The van der Waals surface area contributed by atoms with Crippen LogP contribution in [0.4, 0.5) is 4.39 Å². The van der Waals surface area contributed by atoms with Crippen molar-refractivity contribution in [3.63, 3.8) is 0 Å². The van der Waals surface area contributed by atoms with Crippen LogP contribution in [0.5, 0.6) is 0 Å². The molecule has 0 aromatic heterocycles. The molecule has 1 heterocycles. The Morgan fingerprint density at radius 3 is 2.75 bits per heavy atom. The standard InChI is InChI=1S/C15H23FN2S2/c1-9-6-13(16)5-4-12(9)7-14(18-17)15-8-19-10(2)11(3)20-15/h4-6,10-11,14-15,18H,7-8,17H2,1-3H3. The Morgan fingerprint density at radius 1 is 1.40 bits per heavy atom. The molecule has 1 aromatic carbocycles. The first-order chi connectivity index (χ1) is 9.51. The zero-order valence-corrected chi connectivity index (χ0v) is 13.9. The Kier molecular flexibility index (Phi) is 5.78. The van der Waals surface area contributed by atoms with Crippen LogP contribution in [0.3, 0.4) is 0 Å². The fourth-order valence-corrected chi connectivity index (χ4v) is 5.55. The van der Waals surface area contributed by atoms with Crippen molar-refractivity contribution in [3.05, 3.63) is 35.1 Å². The summed E-state index contributed by atoms with van der Waals surface area (Å²) in [6.45, 7) is 6.53. The van der Waals surface area contributed by atoms with Crippen LogP contribution in [0.1, 0.15) is 25.0 Å². The van der Waals surface area contributed by atoms with Crippen LogP contribution in [0.15, 0.2) is 18.2 Å². The Labute approximate surface area is 129 Å². The second-order valence-electron chi connectivity index (χ2n) is 5.47. The maximum Gasteiger partial charge on any atom is 0.123 e. The molecule has 0 radical (unpaired) electrons. The lowest BCUT2D eigenvalue weighted by atomic mass is 9.99. The van der Waals surface area contributed by atoms with E-state index in [0.717, 1.165) is 17.7 Å². The number of aryl methyl sites for hydroxylation is 1. The predicted octanol–water partition coefficient (Wildman–Crippen LogP) is 3.13. The van der Waals surface area contributed by atoms with Crippen LogP contribution in [0.25, 0.3) is 0 Å². The number of hydrazine groups is 1. The van der Waals surface area contributed by atoms with Gasteiger partial charge in [-0.2, -0.15) is 23.5 Å². The van der Waals surface area contributed by atoms with Crippen LogP contribution in [-0.2, 0) is 6.42 Å². The summed E-state index contributed by atoms with van der Waals surface area (Å²) in [5, 5.41) is 1.84. The van der Waals surface area contributed by atoms with Gasteiger partial charge in [-0.3, -0.25) is 11.3 Å². The Hall–Kier alpha value is -0.230. The number of nitrogens with two attached hydrogens (primary N) is 1. The minimum Gasteiger partial charge on any atom is -0.271 e. The molecule has 1 aliphatic rings. The van der Waals surface area contributed by atoms with Gasteiger partial charge in [-0.25, -0.2) is 4.39 Å². The second kappa shape index (κ2) is 7.16. The third-order valence-electron chi connectivity index (χ3n) is 3.98. The Bertz CT molecular complexity index is 455. The van der Waals surface area contributed by atoms with E-state index in [0.29, 0.717) is 15.7 Å². The van der Waals surface area contributed by atoms with Gasteiger partial charge in [-0.15, -0.1) is 0 Å². The number of halogens is 1. The quantitative estimate of drug-likeness (QED) is 0.661. The summed E-state index contributed by atoms with van der Waals surface area (Å²) in [5.74, 6) is 6.71. The largest absolute Gasteiger partial charge is 0.271 e. The third kappa shape index (κ3) is 3.91. The SMILES string of the molecule is Cc1cc(F)ccc1CC(NN)C1CSC(C)C(C)S1. The zero-order chi connectivity index (χ0) is 14.7. The molecule has 2 nitrogen and oxygen atoms in total. The predicted molar refractivity (Wildman–Crippen MR) is 88.7 cm³/mol. The van der Waals surface area contributed by atoms with E-state index in [2.05, 4.69) is 19.3 Å². The van der Waals surface area contributed by atoms with E-state index in [9.17, 15) is 4.39 Å². The molecule has 3 N–H and O–H groups in total. The van der Waals surface area contributed by atoms with E-state index >= 15 is 0 Å². The molecule has 1 saturated heterocycles. The molecular formula is C15H23FN2S2. The average Bonchev–Trinajstić information content (AvgIpc) is 2.41. The van der Waals surface area contributed by atoms with Crippen molar-refractivity contribution in [1.82, 2.24) is 5.43 Å². The highest BCUT2D eigenvalue weighted by Crippen LogP contribution is 2.37. The molecular weight excluding hydrogens is 291 g/mol. The summed E-state index contributed by atoms with van der Waals surface area (Å²) in [7, 11) is 0. The van der Waals surface area contributed by atoms with Gasteiger partial charge >= 0.3 is 0 Å². The molecule has 112 valence electrons. The van der Waals surface area contributed by atoms with Gasteiger partial charge in [0.05, 0.1) is 0 Å². The Balaban J connectivity index is 2.05. The summed E-state index contributed by atoms with van der Waals surface area (Å²) < 4.78 is 13.2. The van der Waals surface area contributed by atoms with Crippen molar-refractivity contribution in [2.45, 2.75) is 49.0 Å². The van der Waals surface area contributed by atoms with E-state index in [-0.39, 0.29) is 11.9 Å². The normalized spacial score (nSPS) is 28.4. The molecule has 1 aromatic rings. The zero-order valence-electron chi connectivity index (χ0n) is 12.2. The van der Waals surface area contributed by atoms with Crippen molar-refractivity contribution in [2.75, 3.05) is 5.75 Å². The lowest BCUT2D eigenvalue weighted by Crippen LogP contribution is -2.47. The molecule has 1 fully saturated rings. The fraction of sp³-hybridized carbons (Fsp3) is 0.600. The first-order valence-electron chi connectivity index (χ1n) is 6.99. The van der Waals surface area contributed by atoms with E-state index in [4.69, 9.17) is 5.84 Å². The minimum atomic E-state index is -0.173. The number of hydrogen-bond donors (Lipinski definition) is 2. The second-order valence-corrected chi connectivity index (χ2v) is 8.50. The van der Waals surface area contributed by atoms with Crippen LogP contribution < -0.4 is 11.3 Å². The summed E-state index contributed by atoms with van der Waals surface area (Å²) in [6, 6.07) is 5.23. The lowest BCUT2D eigenvalue weighted by Gasteiger charge is -2.35. The fourth-order valence-electron chi connectivity index (χ4n) is 2.44. The number of hydrogen-bond acceptors (Lipinski definition) is 4. The molecule has 20 heavy (non-hydrogen) atoms. The van der Waals surface area contributed by atoms with Crippen LogP contribution in [0, 0.1) is 12.7 Å². The van der Waals surface area contributed by atoms with E-state index in [1.807, 2.05) is 36.5 Å². The first-order valence-corrected chi connectivity index (χ1v) is 8.98. The van der Waals surface area contributed by atoms with E-state index in [1.54, 1.807) is 6.07 Å². The molecule has 5 heteroatoms. The van der Waals surface area contributed by atoms with Gasteiger partial charge in [-0.05, 0) is 36.6 Å². The third-order valence-corrected chi connectivity index (χ3v) is 7.53. The molecule has 2 rings (SSSR count). The summed E-state index contributed by atoms with van der Waals surface area (Å²) in [5.41, 5.74) is 5.14. The van der Waals surface area contributed by atoms with Crippen LogP contribution in [0.2, 0.25) is 0 Å². The highest BCUT2D eigenvalue weighted by atomic mass is 32.2. The van der Waals surface area contributed by atoms with E-state index in [1.165, 1.54) is 11.6 Å². The van der Waals surface area contributed by atoms with Gasteiger partial charge in [0, 0.05) is 27.5 Å². The maximum atomic E-state index is 13.2. The molecule has 4 atom stereocenters. The Morgan fingerprint density at radius 2 is 2.15 bits per heavy atom. The monoisotopic (exact) mass is 314 g/mol. The first kappa shape index (κ1) is 16.1. The van der Waals surface area contributed by atoms with Crippen molar-refractivity contribution in [1.29, 1.82) is 0 Å². The summed E-state index contributed by atoms with van der Waals surface area (Å²) in [6.07, 6.45) is 0.849. The molecule has 4 unspecified atom stereocenters. The van der Waals surface area contributed by atoms with Crippen LogP contribution >= 0.6 is 23.5 Å². The molecule has 0 amide bonds. The van der Waals surface area contributed by atoms with Gasteiger partial charge in [0.1, 0.15) is 5.82 Å². The average molecular weight is 314 g/mol. The van der Waals surface area contributed by atoms with Gasteiger partial charge in [0.25, 0.3) is 0 Å². The topological polar surface area (TPSA) is 38.0 Å². The maximum absolute atomic E-state index is 13.2. The number of nitrogens with one attached hydrogen (secondary N) is 1. The molecule has 0 bridgehead atoms. The van der Waals surface area contributed by atoms with Crippen molar-refractivity contribution >= 4 is 23.5 Å².